The van der Waals surface area contributed by atoms with Crippen molar-refractivity contribution in [3.8, 4) is 0 Å². The quantitative estimate of drug-likeness (QED) is 0.832. The zero-order valence-electron chi connectivity index (χ0n) is 10.7. The first-order valence-electron chi connectivity index (χ1n) is 5.85. The highest BCUT2D eigenvalue weighted by molar-refractivity contribution is 7.98. The zero-order valence-corrected chi connectivity index (χ0v) is 11.5. The normalized spacial score (nSPS) is 14.0. The number of nitrogens with two attached hydrogens (primary N) is 1. The van der Waals surface area contributed by atoms with Crippen molar-refractivity contribution in [3.05, 3.63) is 35.6 Å². The summed E-state index contributed by atoms with van der Waals surface area (Å²) in [6, 6.07) is 5.45. The monoisotopic (exact) mass is 270 g/mol. The maximum atomic E-state index is 13.0. The molecule has 1 amide bonds. The van der Waals surface area contributed by atoms with E-state index in [1.165, 1.54) is 12.1 Å². The van der Waals surface area contributed by atoms with E-state index in [1.807, 2.05) is 13.2 Å². The summed E-state index contributed by atoms with van der Waals surface area (Å²) in [4.78, 5) is 11.8. The van der Waals surface area contributed by atoms with E-state index in [4.69, 9.17) is 5.73 Å². The third-order valence-electron chi connectivity index (χ3n) is 2.68. The molecule has 2 atom stereocenters. The molecule has 100 valence electrons. The van der Waals surface area contributed by atoms with Crippen molar-refractivity contribution in [1.82, 2.24) is 5.32 Å². The third-order valence-corrected chi connectivity index (χ3v) is 3.32. The maximum Gasteiger partial charge on any atom is 0.237 e. The van der Waals surface area contributed by atoms with Gasteiger partial charge in [0.15, 0.2) is 0 Å². The van der Waals surface area contributed by atoms with Gasteiger partial charge in [0.2, 0.25) is 5.91 Å². The molecule has 0 aliphatic carbocycles. The summed E-state index contributed by atoms with van der Waals surface area (Å²) in [6.07, 6.45) is 2.61. The van der Waals surface area contributed by atoms with E-state index in [-0.39, 0.29) is 17.8 Å². The average Bonchev–Trinajstić information content (AvgIpc) is 2.35. The third kappa shape index (κ3) is 4.66. The first-order chi connectivity index (χ1) is 8.54. The fraction of sp³-hybridized carbons (Fsp3) is 0.462. The van der Waals surface area contributed by atoms with Gasteiger partial charge in [-0.2, -0.15) is 11.8 Å². The highest BCUT2D eigenvalue weighted by atomic mass is 32.2. The summed E-state index contributed by atoms with van der Waals surface area (Å²) < 4.78 is 13.0. The summed E-state index contributed by atoms with van der Waals surface area (Å²) in [6.45, 7) is 1.81. The standard InChI is InChI=1S/C13H19FN2OS/c1-9(10-4-3-5-11(14)8-10)16-13(17)12(15)6-7-18-2/h3-5,8-9,12H,6-7,15H2,1-2H3,(H,16,17)/t9-,12+/m1/s1. The van der Waals surface area contributed by atoms with E-state index in [1.54, 1.807) is 23.9 Å². The number of hydrogen-bond acceptors (Lipinski definition) is 3. The van der Waals surface area contributed by atoms with Crippen LogP contribution in [0.4, 0.5) is 4.39 Å². The molecule has 0 bridgehead atoms. The predicted molar refractivity (Wildman–Crippen MR) is 73.9 cm³/mol. The summed E-state index contributed by atoms with van der Waals surface area (Å²) in [5, 5.41) is 2.79. The highest BCUT2D eigenvalue weighted by Gasteiger charge is 2.16. The van der Waals surface area contributed by atoms with Gasteiger partial charge in [-0.15, -0.1) is 0 Å². The molecule has 1 aromatic rings. The molecular formula is C13H19FN2OS. The molecule has 3 N–H and O–H groups in total. The first-order valence-corrected chi connectivity index (χ1v) is 7.24. The Balaban J connectivity index is 2.54. The van der Waals surface area contributed by atoms with E-state index in [0.29, 0.717) is 6.42 Å². The van der Waals surface area contributed by atoms with Crippen molar-refractivity contribution in [1.29, 1.82) is 0 Å². The minimum atomic E-state index is -0.506. The van der Waals surface area contributed by atoms with E-state index in [2.05, 4.69) is 5.32 Å². The van der Waals surface area contributed by atoms with Crippen molar-refractivity contribution >= 4 is 17.7 Å². The molecule has 0 aromatic heterocycles. The zero-order chi connectivity index (χ0) is 13.5. The molecule has 3 nitrogen and oxygen atoms in total. The molecule has 0 unspecified atom stereocenters. The van der Waals surface area contributed by atoms with Crippen LogP contribution in [0.2, 0.25) is 0 Å². The molecule has 0 aliphatic rings. The predicted octanol–water partition coefficient (Wildman–Crippen LogP) is 2.08. The highest BCUT2D eigenvalue weighted by Crippen LogP contribution is 2.13. The second-order valence-corrected chi connectivity index (χ2v) is 5.16. The topological polar surface area (TPSA) is 55.1 Å². The number of benzene rings is 1. The van der Waals surface area contributed by atoms with Crippen molar-refractivity contribution in [2.24, 2.45) is 5.73 Å². The summed E-state index contributed by atoms with van der Waals surface area (Å²) >= 11 is 1.65. The van der Waals surface area contributed by atoms with Crippen molar-refractivity contribution in [2.75, 3.05) is 12.0 Å². The Morgan fingerprint density at radius 3 is 2.89 bits per heavy atom. The molecule has 0 aliphatic heterocycles. The number of halogens is 1. The van der Waals surface area contributed by atoms with Crippen LogP contribution in [0.5, 0.6) is 0 Å². The Morgan fingerprint density at radius 1 is 1.56 bits per heavy atom. The van der Waals surface area contributed by atoms with Crippen LogP contribution in [0.3, 0.4) is 0 Å². The molecule has 1 rings (SSSR count). The number of amides is 1. The van der Waals surface area contributed by atoms with Gasteiger partial charge in [0, 0.05) is 0 Å². The molecule has 1 aromatic carbocycles. The number of carbonyl (C=O) groups excluding carboxylic acids is 1. The second kappa shape index (κ2) is 7.38. The minimum Gasteiger partial charge on any atom is -0.348 e. The molecule has 0 saturated heterocycles. The average molecular weight is 270 g/mol. The Morgan fingerprint density at radius 2 is 2.28 bits per heavy atom. The first kappa shape index (κ1) is 15.0. The van der Waals surface area contributed by atoms with Crippen LogP contribution in [-0.4, -0.2) is 24.0 Å². The molecular weight excluding hydrogens is 251 g/mol. The summed E-state index contributed by atoms with van der Waals surface area (Å²) in [5.74, 6) is 0.351. The largest absolute Gasteiger partial charge is 0.348 e. The molecule has 5 heteroatoms. The van der Waals surface area contributed by atoms with E-state index < -0.39 is 6.04 Å². The maximum absolute atomic E-state index is 13.0. The van der Waals surface area contributed by atoms with Crippen LogP contribution in [0, 0.1) is 5.82 Å². The van der Waals surface area contributed by atoms with Crippen molar-refractivity contribution < 1.29 is 9.18 Å². The number of carbonyl (C=O) groups is 1. The van der Waals surface area contributed by atoms with Gasteiger partial charge in [0.05, 0.1) is 12.1 Å². The number of thioether (sulfide) groups is 1. The Hall–Kier alpha value is -1.07. The second-order valence-electron chi connectivity index (χ2n) is 4.17. The molecule has 0 spiro atoms. The lowest BCUT2D eigenvalue weighted by atomic mass is 10.1. The lowest BCUT2D eigenvalue weighted by molar-refractivity contribution is -0.123. The SMILES string of the molecule is CSCC[C@H](N)C(=O)N[C@H](C)c1cccc(F)c1. The lowest BCUT2D eigenvalue weighted by Gasteiger charge is -2.17. The fourth-order valence-corrected chi connectivity index (χ4v) is 2.05. The van der Waals surface area contributed by atoms with Gasteiger partial charge < -0.3 is 11.1 Å². The van der Waals surface area contributed by atoms with Crippen LogP contribution < -0.4 is 11.1 Å². The van der Waals surface area contributed by atoms with Crippen LogP contribution in [0.25, 0.3) is 0 Å². The van der Waals surface area contributed by atoms with Crippen LogP contribution >= 0.6 is 11.8 Å². The number of nitrogens with one attached hydrogen (secondary N) is 1. The van der Waals surface area contributed by atoms with E-state index in [0.717, 1.165) is 11.3 Å². The Bertz CT molecular complexity index is 400. The van der Waals surface area contributed by atoms with Crippen LogP contribution in [0.1, 0.15) is 24.9 Å². The van der Waals surface area contributed by atoms with Crippen LogP contribution in [-0.2, 0) is 4.79 Å². The smallest absolute Gasteiger partial charge is 0.237 e. The van der Waals surface area contributed by atoms with Crippen molar-refractivity contribution in [3.63, 3.8) is 0 Å². The molecule has 0 radical (unpaired) electrons. The minimum absolute atomic E-state index is 0.194. The van der Waals surface area contributed by atoms with Gasteiger partial charge in [0.1, 0.15) is 5.82 Å². The fourth-order valence-electron chi connectivity index (χ4n) is 1.56. The van der Waals surface area contributed by atoms with E-state index in [9.17, 15) is 9.18 Å². The molecule has 0 heterocycles. The molecule has 0 saturated carbocycles. The van der Waals surface area contributed by atoms with Crippen molar-refractivity contribution in [2.45, 2.75) is 25.4 Å². The van der Waals surface area contributed by atoms with Gasteiger partial charge >= 0.3 is 0 Å². The molecule has 18 heavy (non-hydrogen) atoms. The van der Waals surface area contributed by atoms with Gasteiger partial charge in [-0.25, -0.2) is 4.39 Å². The van der Waals surface area contributed by atoms with Gasteiger partial charge in [-0.05, 0) is 43.0 Å². The summed E-state index contributed by atoms with van der Waals surface area (Å²) in [7, 11) is 0. The van der Waals surface area contributed by atoms with Gasteiger partial charge in [0.25, 0.3) is 0 Å². The number of hydrogen-bond donors (Lipinski definition) is 2. The Kier molecular flexibility index (Phi) is 6.15. The number of rotatable bonds is 6. The lowest BCUT2D eigenvalue weighted by Crippen LogP contribution is -2.41. The van der Waals surface area contributed by atoms with E-state index >= 15 is 0 Å². The Labute approximate surface area is 111 Å². The van der Waals surface area contributed by atoms with Gasteiger partial charge in [-0.3, -0.25) is 4.79 Å². The summed E-state index contributed by atoms with van der Waals surface area (Å²) in [5.41, 5.74) is 6.50. The van der Waals surface area contributed by atoms with Gasteiger partial charge in [-0.1, -0.05) is 12.1 Å². The molecule has 0 fully saturated rings. The van der Waals surface area contributed by atoms with Crippen LogP contribution in [0.15, 0.2) is 24.3 Å².